The minimum absolute atomic E-state index is 0.141. The van der Waals surface area contributed by atoms with Crippen LogP contribution in [-0.4, -0.2) is 43.7 Å². The van der Waals surface area contributed by atoms with Gasteiger partial charge in [-0.15, -0.1) is 9.24 Å². The number of unbranched alkanes of at least 4 members (excludes halogenated alkanes) is 1. The summed E-state index contributed by atoms with van der Waals surface area (Å²) in [6.07, 6.45) is 7.16. The van der Waals surface area contributed by atoms with E-state index in [0.29, 0.717) is 19.1 Å². The number of hydrogen-bond donors (Lipinski definition) is 1. The molecule has 4 atom stereocenters. The van der Waals surface area contributed by atoms with Crippen molar-refractivity contribution in [2.24, 2.45) is 0 Å². The smallest absolute Gasteiger partial charge is 0.219 e. The molecule has 22 heavy (non-hydrogen) atoms. The van der Waals surface area contributed by atoms with Crippen LogP contribution in [0.1, 0.15) is 51.9 Å². The standard InChI is InChI=1S/C15H29INO4P/c1-12(22)19-10-3-2-6-15(18)17-9-4-5-13-7-8-14(21-13)11-20-16/h12-14H,2-11,22H2,1H3,(H,17,18)/t12?,13-,14-/m0/s1. The van der Waals surface area contributed by atoms with Crippen molar-refractivity contribution in [1.82, 2.24) is 5.32 Å². The molecule has 1 N–H and O–H groups in total. The normalized spacial score (nSPS) is 22.7. The molecule has 1 aliphatic heterocycles. The van der Waals surface area contributed by atoms with E-state index in [2.05, 4.69) is 14.6 Å². The van der Waals surface area contributed by atoms with Crippen LogP contribution in [0.4, 0.5) is 0 Å². The molecule has 130 valence electrons. The van der Waals surface area contributed by atoms with Gasteiger partial charge in [0.2, 0.25) is 5.91 Å². The highest BCUT2D eigenvalue weighted by Crippen LogP contribution is 2.23. The Kier molecular flexibility index (Phi) is 12.0. The van der Waals surface area contributed by atoms with Crippen LogP contribution in [0.25, 0.3) is 0 Å². The van der Waals surface area contributed by atoms with Crippen molar-refractivity contribution in [2.75, 3.05) is 19.8 Å². The molecule has 0 aromatic heterocycles. The number of carbonyl (C=O) groups excluding carboxylic acids is 1. The van der Waals surface area contributed by atoms with E-state index in [9.17, 15) is 4.79 Å². The quantitative estimate of drug-likeness (QED) is 0.285. The van der Waals surface area contributed by atoms with Crippen LogP contribution in [0.3, 0.4) is 0 Å². The predicted molar refractivity (Wildman–Crippen MR) is 99.1 cm³/mol. The number of halogens is 1. The molecular weight excluding hydrogens is 416 g/mol. The fraction of sp³-hybridized carbons (Fsp3) is 0.933. The maximum Gasteiger partial charge on any atom is 0.219 e. The Balaban J connectivity index is 1.91. The zero-order valence-corrected chi connectivity index (χ0v) is 16.7. The summed E-state index contributed by atoms with van der Waals surface area (Å²) in [7, 11) is 2.60. The van der Waals surface area contributed by atoms with Crippen molar-refractivity contribution in [1.29, 1.82) is 0 Å². The lowest BCUT2D eigenvalue weighted by Gasteiger charge is -2.12. The molecule has 0 bridgehead atoms. The zero-order valence-electron chi connectivity index (χ0n) is 13.4. The van der Waals surface area contributed by atoms with Gasteiger partial charge in [-0.05, 0) is 45.4 Å². The van der Waals surface area contributed by atoms with Crippen LogP contribution in [0.2, 0.25) is 0 Å². The summed E-state index contributed by atoms with van der Waals surface area (Å²) in [4.78, 5) is 11.7. The summed E-state index contributed by atoms with van der Waals surface area (Å²) in [5, 5.41) is 2.98. The zero-order chi connectivity index (χ0) is 16.2. The molecule has 5 nitrogen and oxygen atoms in total. The Morgan fingerprint density at radius 2 is 2.14 bits per heavy atom. The number of carbonyl (C=O) groups is 1. The van der Waals surface area contributed by atoms with Gasteiger partial charge < -0.3 is 17.9 Å². The van der Waals surface area contributed by atoms with Crippen molar-refractivity contribution in [3.63, 3.8) is 0 Å². The Labute approximate surface area is 150 Å². The molecule has 1 rings (SSSR count). The molecule has 0 radical (unpaired) electrons. The minimum atomic E-state index is 0.141. The van der Waals surface area contributed by atoms with Crippen molar-refractivity contribution < 1.29 is 17.3 Å². The van der Waals surface area contributed by atoms with Crippen molar-refractivity contribution in [3.05, 3.63) is 0 Å². The summed E-state index contributed by atoms with van der Waals surface area (Å²) in [6.45, 7) is 4.12. The van der Waals surface area contributed by atoms with E-state index in [-0.39, 0.29) is 17.9 Å². The van der Waals surface area contributed by atoms with Gasteiger partial charge in [0.1, 0.15) is 23.0 Å². The molecule has 0 aromatic carbocycles. The molecule has 1 heterocycles. The third-order valence-electron chi connectivity index (χ3n) is 3.65. The predicted octanol–water partition coefficient (Wildman–Crippen LogP) is 3.21. The van der Waals surface area contributed by atoms with Gasteiger partial charge >= 0.3 is 0 Å². The number of ether oxygens (including phenoxy) is 2. The highest BCUT2D eigenvalue weighted by Gasteiger charge is 2.24. The number of hydrogen-bond acceptors (Lipinski definition) is 4. The van der Waals surface area contributed by atoms with Gasteiger partial charge in [-0.3, -0.25) is 4.79 Å². The Hall–Kier alpha value is 0.510. The molecule has 0 saturated carbocycles. The van der Waals surface area contributed by atoms with Crippen LogP contribution in [0.15, 0.2) is 0 Å². The summed E-state index contributed by atoms with van der Waals surface area (Å²) in [6, 6.07) is 0. The monoisotopic (exact) mass is 445 g/mol. The average Bonchev–Trinajstić information content (AvgIpc) is 2.91. The average molecular weight is 445 g/mol. The number of rotatable bonds is 12. The van der Waals surface area contributed by atoms with Crippen LogP contribution >= 0.6 is 32.2 Å². The van der Waals surface area contributed by atoms with Crippen LogP contribution in [0.5, 0.6) is 0 Å². The Bertz CT molecular complexity index is 307. The molecule has 0 aromatic rings. The van der Waals surface area contributed by atoms with Gasteiger partial charge in [0.25, 0.3) is 0 Å². The van der Waals surface area contributed by atoms with Gasteiger partial charge in [-0.25, -0.2) is 0 Å². The molecule has 1 amide bonds. The first-order chi connectivity index (χ1) is 10.6. The van der Waals surface area contributed by atoms with E-state index in [1.165, 1.54) is 0 Å². The van der Waals surface area contributed by atoms with E-state index in [0.717, 1.165) is 51.7 Å². The molecule has 0 spiro atoms. The molecule has 7 heteroatoms. The Morgan fingerprint density at radius 3 is 2.86 bits per heavy atom. The molecule has 2 unspecified atom stereocenters. The summed E-state index contributed by atoms with van der Waals surface area (Å²) >= 11 is 1.91. The summed E-state index contributed by atoms with van der Waals surface area (Å²) < 4.78 is 16.4. The van der Waals surface area contributed by atoms with Crippen LogP contribution in [0, 0.1) is 0 Å². The van der Waals surface area contributed by atoms with Gasteiger partial charge in [0.05, 0.1) is 24.7 Å². The second-order valence-corrected chi connectivity index (χ2v) is 7.32. The topological polar surface area (TPSA) is 56.8 Å². The van der Waals surface area contributed by atoms with Gasteiger partial charge in [-0.2, -0.15) is 0 Å². The largest absolute Gasteiger partial charge is 0.375 e. The van der Waals surface area contributed by atoms with Crippen molar-refractivity contribution in [2.45, 2.75) is 69.9 Å². The lowest BCUT2D eigenvalue weighted by molar-refractivity contribution is -0.121. The third-order valence-corrected chi connectivity index (χ3v) is 4.20. The summed E-state index contributed by atoms with van der Waals surface area (Å²) in [5.41, 5.74) is 0. The second-order valence-electron chi connectivity index (χ2n) is 5.76. The second kappa shape index (κ2) is 12.9. The lowest BCUT2D eigenvalue weighted by atomic mass is 10.1. The van der Waals surface area contributed by atoms with Crippen LogP contribution in [-0.2, 0) is 17.3 Å². The van der Waals surface area contributed by atoms with Crippen LogP contribution < -0.4 is 5.32 Å². The number of amides is 1. The number of nitrogens with one attached hydrogen (secondary N) is 1. The van der Waals surface area contributed by atoms with E-state index in [4.69, 9.17) is 12.5 Å². The molecule has 0 aliphatic carbocycles. The molecule has 1 saturated heterocycles. The highest BCUT2D eigenvalue weighted by molar-refractivity contribution is 14.1. The maximum atomic E-state index is 11.7. The molecular formula is C15H29INO4P. The maximum absolute atomic E-state index is 11.7. The van der Waals surface area contributed by atoms with Crippen molar-refractivity contribution >= 4 is 38.2 Å². The molecule has 1 fully saturated rings. The summed E-state index contributed by atoms with van der Waals surface area (Å²) in [5.74, 6) is 0.331. The fourth-order valence-electron chi connectivity index (χ4n) is 2.49. The van der Waals surface area contributed by atoms with E-state index < -0.39 is 0 Å². The van der Waals surface area contributed by atoms with E-state index in [1.807, 2.05) is 29.9 Å². The first-order valence-electron chi connectivity index (χ1n) is 8.14. The Morgan fingerprint density at radius 1 is 1.36 bits per heavy atom. The third kappa shape index (κ3) is 10.3. The van der Waals surface area contributed by atoms with Gasteiger partial charge in [0.15, 0.2) is 0 Å². The first-order valence-corrected chi connectivity index (χ1v) is 9.69. The lowest BCUT2D eigenvalue weighted by Crippen LogP contribution is -2.25. The minimum Gasteiger partial charge on any atom is -0.375 e. The van der Waals surface area contributed by atoms with E-state index in [1.54, 1.807) is 0 Å². The SMILES string of the molecule is CC(P)OCCCCC(=O)NCCC[C@H]1CC[C@@H](COI)O1. The highest BCUT2D eigenvalue weighted by atomic mass is 127. The van der Waals surface area contributed by atoms with Gasteiger partial charge in [0, 0.05) is 19.6 Å². The van der Waals surface area contributed by atoms with Gasteiger partial charge in [-0.1, -0.05) is 0 Å². The molecule has 1 aliphatic rings. The van der Waals surface area contributed by atoms with E-state index >= 15 is 0 Å². The van der Waals surface area contributed by atoms with Crippen molar-refractivity contribution in [3.8, 4) is 0 Å². The first kappa shape index (κ1) is 20.6. The fourth-order valence-corrected chi connectivity index (χ4v) is 3.03.